The van der Waals surface area contributed by atoms with Crippen LogP contribution in [0.25, 0.3) is 28.1 Å². The van der Waals surface area contributed by atoms with E-state index in [1.165, 1.54) is 5.56 Å². The first kappa shape index (κ1) is 25.3. The Balaban J connectivity index is 1.64. The van der Waals surface area contributed by atoms with Crippen LogP contribution in [0.2, 0.25) is 0 Å². The van der Waals surface area contributed by atoms with Gasteiger partial charge in [-0.25, -0.2) is 4.98 Å². The van der Waals surface area contributed by atoms with Gasteiger partial charge in [0.15, 0.2) is 11.5 Å². The van der Waals surface area contributed by atoms with Gasteiger partial charge in [-0.2, -0.15) is 0 Å². The van der Waals surface area contributed by atoms with Crippen LogP contribution in [0.4, 0.5) is 0 Å². The molecule has 0 saturated heterocycles. The van der Waals surface area contributed by atoms with Gasteiger partial charge in [0.25, 0.3) is 0 Å². The van der Waals surface area contributed by atoms with E-state index in [0.717, 1.165) is 41.0 Å². The Bertz CT molecular complexity index is 1310. The van der Waals surface area contributed by atoms with Crippen LogP contribution in [0, 0.1) is 18.8 Å². The van der Waals surface area contributed by atoms with Crippen LogP contribution in [0.5, 0.6) is 11.5 Å². The largest absolute Gasteiger partial charge is 0.493 e. The van der Waals surface area contributed by atoms with Gasteiger partial charge in [0.05, 0.1) is 30.7 Å². The van der Waals surface area contributed by atoms with Crippen molar-refractivity contribution in [3.05, 3.63) is 72.3 Å². The lowest BCUT2D eigenvalue weighted by Crippen LogP contribution is -2.19. The summed E-state index contributed by atoms with van der Waals surface area (Å²) in [6.45, 7) is 6.47. The normalized spacial score (nSPS) is 12.1. The third-order valence-corrected chi connectivity index (χ3v) is 6.55. The van der Waals surface area contributed by atoms with E-state index >= 15 is 0 Å². The number of unbranched alkanes of at least 4 members (excludes halogenated alkanes) is 1. The topological polar surface area (TPSA) is 73.6 Å². The molecule has 1 heterocycles. The fourth-order valence-corrected chi connectivity index (χ4v) is 4.48. The van der Waals surface area contributed by atoms with Crippen LogP contribution < -0.4 is 9.47 Å². The Morgan fingerprint density at radius 2 is 1.72 bits per heavy atom. The lowest BCUT2D eigenvalue weighted by molar-refractivity contribution is -0.143. The van der Waals surface area contributed by atoms with Crippen molar-refractivity contribution in [1.29, 1.82) is 0 Å². The summed E-state index contributed by atoms with van der Waals surface area (Å²) in [6.07, 6.45) is 2.20. The van der Waals surface area contributed by atoms with E-state index in [1.807, 2.05) is 44.2 Å². The van der Waals surface area contributed by atoms with E-state index in [0.29, 0.717) is 24.5 Å². The smallest absolute Gasteiger partial charge is 0.306 e. The lowest BCUT2D eigenvalue weighted by Gasteiger charge is -2.16. The molecule has 6 heteroatoms. The molecule has 0 fully saturated rings. The molecule has 1 unspecified atom stereocenters. The van der Waals surface area contributed by atoms with Gasteiger partial charge >= 0.3 is 5.97 Å². The first-order chi connectivity index (χ1) is 17.4. The van der Waals surface area contributed by atoms with Gasteiger partial charge in [-0.15, -0.1) is 0 Å². The Kier molecular flexibility index (Phi) is 7.93. The number of carboxylic acid groups (broad SMARTS) is 1. The molecule has 0 spiro atoms. The summed E-state index contributed by atoms with van der Waals surface area (Å²) >= 11 is 0. The van der Waals surface area contributed by atoms with E-state index in [9.17, 15) is 9.90 Å². The SMILES string of the molecule is COc1cc2nc(-c3ccccc3)n(-c3ccc(C)cc3)c2cc1OCCCCC(C(=O)O)C(C)C. The number of nitrogens with zero attached hydrogens (tertiary/aromatic N) is 2. The zero-order valence-electron chi connectivity index (χ0n) is 21.4. The van der Waals surface area contributed by atoms with Gasteiger partial charge in [0, 0.05) is 23.4 Å². The summed E-state index contributed by atoms with van der Waals surface area (Å²) in [7, 11) is 1.63. The maximum atomic E-state index is 11.5. The Morgan fingerprint density at radius 3 is 2.36 bits per heavy atom. The second-order valence-corrected chi connectivity index (χ2v) is 9.50. The van der Waals surface area contributed by atoms with E-state index in [4.69, 9.17) is 14.5 Å². The molecule has 4 rings (SSSR count). The minimum Gasteiger partial charge on any atom is -0.493 e. The number of methoxy groups -OCH3 is 1. The van der Waals surface area contributed by atoms with Gasteiger partial charge in [-0.05, 0) is 44.2 Å². The molecule has 0 bridgehead atoms. The monoisotopic (exact) mass is 486 g/mol. The molecule has 0 radical (unpaired) electrons. The van der Waals surface area contributed by atoms with E-state index in [1.54, 1.807) is 7.11 Å². The molecule has 1 aromatic heterocycles. The summed E-state index contributed by atoms with van der Waals surface area (Å²) in [6, 6.07) is 22.4. The minimum atomic E-state index is -0.725. The van der Waals surface area contributed by atoms with Gasteiger partial charge < -0.3 is 14.6 Å². The highest BCUT2D eigenvalue weighted by Crippen LogP contribution is 2.36. The molecule has 0 aliphatic rings. The van der Waals surface area contributed by atoms with Crippen LogP contribution >= 0.6 is 0 Å². The summed E-state index contributed by atoms with van der Waals surface area (Å²) in [5.41, 5.74) is 4.98. The molecule has 0 saturated carbocycles. The van der Waals surface area contributed by atoms with Crippen molar-refractivity contribution < 1.29 is 19.4 Å². The fraction of sp³-hybridized carbons (Fsp3) is 0.333. The van der Waals surface area contributed by atoms with Crippen molar-refractivity contribution in [2.75, 3.05) is 13.7 Å². The highest BCUT2D eigenvalue weighted by molar-refractivity contribution is 5.86. The predicted molar refractivity (Wildman–Crippen MR) is 143 cm³/mol. The number of hydrogen-bond donors (Lipinski definition) is 1. The van der Waals surface area contributed by atoms with Crippen LogP contribution in [-0.4, -0.2) is 34.3 Å². The molecule has 4 aromatic rings. The minimum absolute atomic E-state index is 0.117. The molecular weight excluding hydrogens is 452 g/mol. The maximum Gasteiger partial charge on any atom is 0.306 e. The van der Waals surface area contributed by atoms with Crippen molar-refractivity contribution >= 4 is 17.0 Å². The average molecular weight is 487 g/mol. The fourth-order valence-electron chi connectivity index (χ4n) is 4.48. The highest BCUT2D eigenvalue weighted by atomic mass is 16.5. The Hall–Kier alpha value is -3.80. The van der Waals surface area contributed by atoms with Crippen LogP contribution in [0.15, 0.2) is 66.7 Å². The third kappa shape index (κ3) is 5.54. The highest BCUT2D eigenvalue weighted by Gasteiger charge is 2.21. The van der Waals surface area contributed by atoms with Crippen molar-refractivity contribution in [2.24, 2.45) is 11.8 Å². The Morgan fingerprint density at radius 1 is 1.00 bits per heavy atom. The number of rotatable bonds is 11. The summed E-state index contributed by atoms with van der Waals surface area (Å²) in [4.78, 5) is 16.4. The van der Waals surface area contributed by atoms with Gasteiger partial charge in [0.1, 0.15) is 5.82 Å². The number of hydrogen-bond acceptors (Lipinski definition) is 4. The number of aromatic nitrogens is 2. The molecule has 0 amide bonds. The van der Waals surface area contributed by atoms with Crippen molar-refractivity contribution in [3.8, 4) is 28.6 Å². The number of ether oxygens (including phenoxy) is 2. The van der Waals surface area contributed by atoms with Gasteiger partial charge in [-0.3, -0.25) is 9.36 Å². The van der Waals surface area contributed by atoms with Crippen molar-refractivity contribution in [3.63, 3.8) is 0 Å². The molecule has 188 valence electrons. The van der Waals surface area contributed by atoms with E-state index < -0.39 is 5.97 Å². The van der Waals surface area contributed by atoms with Crippen molar-refractivity contribution in [2.45, 2.75) is 40.0 Å². The lowest BCUT2D eigenvalue weighted by atomic mass is 9.91. The number of fused-ring (bicyclic) bond motifs is 1. The molecule has 3 aromatic carbocycles. The maximum absolute atomic E-state index is 11.5. The molecule has 1 N–H and O–H groups in total. The number of carboxylic acids is 1. The molecular formula is C30H34N2O4. The zero-order valence-corrected chi connectivity index (χ0v) is 21.4. The average Bonchev–Trinajstić information content (AvgIpc) is 3.24. The quantitative estimate of drug-likeness (QED) is 0.233. The van der Waals surface area contributed by atoms with E-state index in [2.05, 4.69) is 47.9 Å². The van der Waals surface area contributed by atoms with E-state index in [-0.39, 0.29) is 11.8 Å². The van der Waals surface area contributed by atoms with Crippen LogP contribution in [0.3, 0.4) is 0 Å². The second-order valence-electron chi connectivity index (χ2n) is 9.50. The second kappa shape index (κ2) is 11.3. The number of aryl methyl sites for hydroxylation is 1. The molecule has 36 heavy (non-hydrogen) atoms. The first-order valence-electron chi connectivity index (χ1n) is 12.5. The number of benzene rings is 3. The molecule has 1 atom stereocenters. The summed E-state index contributed by atoms with van der Waals surface area (Å²) < 4.78 is 13.9. The first-order valence-corrected chi connectivity index (χ1v) is 12.5. The molecule has 6 nitrogen and oxygen atoms in total. The van der Waals surface area contributed by atoms with Crippen molar-refractivity contribution in [1.82, 2.24) is 9.55 Å². The Labute approximate surface area is 212 Å². The summed E-state index contributed by atoms with van der Waals surface area (Å²) in [5, 5.41) is 9.41. The van der Waals surface area contributed by atoms with Crippen LogP contribution in [0.1, 0.15) is 38.7 Å². The predicted octanol–water partition coefficient (Wildman–Crippen LogP) is 6.92. The van der Waals surface area contributed by atoms with Gasteiger partial charge in [0.2, 0.25) is 0 Å². The standard InChI is InChI=1S/C30H34N2O4/c1-20(2)24(30(33)34)12-8-9-17-36-28-19-26-25(18-27(28)35-4)31-29(22-10-6-5-7-11-22)32(26)23-15-13-21(3)14-16-23/h5-7,10-11,13-16,18-20,24H,8-9,12,17H2,1-4H3,(H,33,34). The molecule has 0 aliphatic heterocycles. The number of carbonyl (C=O) groups is 1. The molecule has 0 aliphatic carbocycles. The number of aliphatic carboxylic acids is 1. The van der Waals surface area contributed by atoms with Gasteiger partial charge in [-0.1, -0.05) is 61.9 Å². The number of imidazole rings is 1. The third-order valence-electron chi connectivity index (χ3n) is 6.55. The zero-order chi connectivity index (χ0) is 25.7. The van der Waals surface area contributed by atoms with Crippen LogP contribution in [-0.2, 0) is 4.79 Å². The summed E-state index contributed by atoms with van der Waals surface area (Å²) in [5.74, 6) is 1.19.